The van der Waals surface area contributed by atoms with Gasteiger partial charge in [-0.3, -0.25) is 0 Å². The summed E-state index contributed by atoms with van der Waals surface area (Å²) >= 11 is 0. The molecule has 1 heterocycles. The highest BCUT2D eigenvalue weighted by molar-refractivity contribution is 7.89. The first-order valence-corrected chi connectivity index (χ1v) is 18.9. The van der Waals surface area contributed by atoms with Crippen LogP contribution in [0, 0.1) is 44.5 Å². The van der Waals surface area contributed by atoms with Gasteiger partial charge in [-0.05, 0) is 63.6 Å². The molecule has 0 spiro atoms. The lowest BCUT2D eigenvalue weighted by molar-refractivity contribution is 0.450. The molecule has 4 rings (SSSR count). The van der Waals surface area contributed by atoms with Crippen LogP contribution in [-0.4, -0.2) is 77.4 Å². The second-order valence-electron chi connectivity index (χ2n) is 10.8. The summed E-state index contributed by atoms with van der Waals surface area (Å²) in [5.74, 6) is 11.3. The predicted octanol–water partition coefficient (Wildman–Crippen LogP) is 3.95. The molecule has 0 fully saturated rings. The molecule has 0 saturated carbocycles. The summed E-state index contributed by atoms with van der Waals surface area (Å²) in [5.41, 5.74) is 2.72. The van der Waals surface area contributed by atoms with Crippen molar-refractivity contribution in [2.24, 2.45) is 0 Å². The van der Waals surface area contributed by atoms with Gasteiger partial charge in [-0.2, -0.15) is 12.9 Å². The van der Waals surface area contributed by atoms with E-state index in [2.05, 4.69) is 23.7 Å². The molecule has 0 N–H and O–H groups in total. The lowest BCUT2D eigenvalue weighted by Gasteiger charge is -2.21. The molecular weight excluding hydrogens is 643 g/mol. The van der Waals surface area contributed by atoms with Crippen molar-refractivity contribution in [2.75, 3.05) is 39.3 Å². The average molecular weight is 680 g/mol. The number of aryl methyl sites for hydroxylation is 3. The first-order valence-electron chi connectivity index (χ1n) is 14.6. The summed E-state index contributed by atoms with van der Waals surface area (Å²) in [6.45, 7) is 4.81. The number of nitrogens with zero attached hydrogens (tertiary/aromatic N) is 3. The second kappa shape index (κ2) is 15.2. The molecule has 9 nitrogen and oxygen atoms in total. The van der Waals surface area contributed by atoms with Gasteiger partial charge >= 0.3 is 0 Å². The molecule has 3 aromatic carbocycles. The smallest absolute Gasteiger partial charge is 0.207 e. The normalized spacial score (nSPS) is 17.3. The van der Waals surface area contributed by atoms with Gasteiger partial charge in [-0.25, -0.2) is 25.3 Å². The Hall–Kier alpha value is -3.75. The maximum atomic E-state index is 13.6. The minimum Gasteiger partial charge on any atom is -0.207 e. The Morgan fingerprint density at radius 1 is 0.457 bits per heavy atom. The van der Waals surface area contributed by atoms with Crippen molar-refractivity contribution in [1.29, 1.82) is 0 Å². The lowest BCUT2D eigenvalue weighted by atomic mass is 10.2. The third-order valence-electron chi connectivity index (χ3n) is 7.27. The Kier molecular flexibility index (Phi) is 11.6. The highest BCUT2D eigenvalue weighted by Gasteiger charge is 2.26. The second-order valence-corrected chi connectivity index (χ2v) is 16.6. The molecule has 0 radical (unpaired) electrons. The minimum atomic E-state index is -4.02. The van der Waals surface area contributed by atoms with E-state index >= 15 is 0 Å². The molecule has 46 heavy (non-hydrogen) atoms. The van der Waals surface area contributed by atoms with Gasteiger partial charge < -0.3 is 0 Å². The van der Waals surface area contributed by atoms with Crippen LogP contribution in [0.4, 0.5) is 0 Å². The van der Waals surface area contributed by atoms with E-state index in [-0.39, 0.29) is 54.0 Å². The molecule has 1 aliphatic rings. The van der Waals surface area contributed by atoms with E-state index < -0.39 is 30.1 Å². The van der Waals surface area contributed by atoms with E-state index in [0.29, 0.717) is 6.42 Å². The highest BCUT2D eigenvalue weighted by atomic mass is 32.2. The molecule has 0 aliphatic carbocycles. The summed E-state index contributed by atoms with van der Waals surface area (Å²) in [4.78, 5) is 0.290. The van der Waals surface area contributed by atoms with Gasteiger partial charge in [-0.1, -0.05) is 88.9 Å². The van der Waals surface area contributed by atoms with Crippen molar-refractivity contribution in [3.8, 4) is 23.7 Å². The molecule has 12 heteroatoms. The van der Waals surface area contributed by atoms with Crippen molar-refractivity contribution in [3.05, 3.63) is 102 Å². The standard InChI is InChI=1S/C34H37N3O6S3/c1-29-11-17-32(18-12-29)44(38,39)35-23-5-4-6-24-36(45(40,41)33-19-13-30(2)14-20-33)26-8-10-28-37(27-9-7-25-35)46(42,43)34-21-15-31(3)16-22-34/h4-5,11-22H,6,23-28H2,1-3H3/b5-4+. The van der Waals surface area contributed by atoms with Gasteiger partial charge in [0.2, 0.25) is 30.1 Å². The van der Waals surface area contributed by atoms with Crippen molar-refractivity contribution >= 4 is 30.1 Å². The van der Waals surface area contributed by atoms with Gasteiger partial charge in [0.1, 0.15) is 0 Å². The van der Waals surface area contributed by atoms with E-state index in [0.717, 1.165) is 21.0 Å². The molecule has 0 unspecified atom stereocenters. The van der Waals surface area contributed by atoms with Gasteiger partial charge in [0.15, 0.2) is 0 Å². The Morgan fingerprint density at radius 2 is 0.783 bits per heavy atom. The largest absolute Gasteiger partial charge is 0.244 e. The number of hydrogen-bond acceptors (Lipinski definition) is 6. The quantitative estimate of drug-likeness (QED) is 0.288. The predicted molar refractivity (Wildman–Crippen MR) is 179 cm³/mol. The molecule has 1 aliphatic heterocycles. The van der Waals surface area contributed by atoms with E-state index in [1.807, 2.05) is 20.8 Å². The maximum absolute atomic E-state index is 13.6. The number of sulfonamides is 3. The van der Waals surface area contributed by atoms with Crippen LogP contribution in [0.15, 0.2) is 99.6 Å². The molecule has 0 amide bonds. The SMILES string of the molecule is Cc1ccc(S(=O)(=O)N2CC#CCN(S(=O)(=O)c3ccc(C)cc3)C/C=C/CCN(S(=O)(=O)c3ccc(C)cc3)CC#CC2)cc1. The van der Waals surface area contributed by atoms with Gasteiger partial charge in [0, 0.05) is 13.1 Å². The average Bonchev–Trinajstić information content (AvgIpc) is 3.01. The number of benzene rings is 3. The van der Waals surface area contributed by atoms with E-state index in [9.17, 15) is 25.3 Å². The molecule has 0 atom stereocenters. The van der Waals surface area contributed by atoms with E-state index in [1.54, 1.807) is 48.6 Å². The van der Waals surface area contributed by atoms with Crippen LogP contribution >= 0.6 is 0 Å². The van der Waals surface area contributed by atoms with Crippen LogP contribution in [0.2, 0.25) is 0 Å². The minimum absolute atomic E-state index is 0.0131. The summed E-state index contributed by atoms with van der Waals surface area (Å²) in [6.07, 6.45) is 3.69. The van der Waals surface area contributed by atoms with Gasteiger partial charge in [-0.15, -0.1) is 0 Å². The summed E-state index contributed by atoms with van der Waals surface area (Å²) < 4.78 is 84.9. The Balaban J connectivity index is 1.71. The summed E-state index contributed by atoms with van der Waals surface area (Å²) in [5, 5.41) is 0. The van der Waals surface area contributed by atoms with Gasteiger partial charge in [0.25, 0.3) is 0 Å². The fraction of sp³-hybridized carbons (Fsp3) is 0.294. The molecule has 3 aromatic rings. The Labute approximate surface area is 273 Å². The summed E-state index contributed by atoms with van der Waals surface area (Å²) in [7, 11) is -11.9. The van der Waals surface area contributed by atoms with Crippen LogP contribution in [0.3, 0.4) is 0 Å². The van der Waals surface area contributed by atoms with Crippen LogP contribution in [0.1, 0.15) is 23.1 Å². The number of rotatable bonds is 6. The van der Waals surface area contributed by atoms with Gasteiger partial charge in [0.05, 0.1) is 40.9 Å². The highest BCUT2D eigenvalue weighted by Crippen LogP contribution is 2.19. The van der Waals surface area contributed by atoms with E-state index in [1.165, 1.54) is 45.0 Å². The summed E-state index contributed by atoms with van der Waals surface area (Å²) in [6, 6.07) is 19.4. The van der Waals surface area contributed by atoms with Crippen LogP contribution in [-0.2, 0) is 30.1 Å². The molecule has 0 saturated heterocycles. The fourth-order valence-corrected chi connectivity index (χ4v) is 8.34. The zero-order valence-electron chi connectivity index (χ0n) is 26.0. The van der Waals surface area contributed by atoms with Crippen LogP contribution < -0.4 is 0 Å². The third-order valence-corrected chi connectivity index (χ3v) is 12.8. The van der Waals surface area contributed by atoms with Crippen molar-refractivity contribution in [1.82, 2.24) is 12.9 Å². The zero-order valence-corrected chi connectivity index (χ0v) is 28.5. The van der Waals surface area contributed by atoms with Crippen molar-refractivity contribution < 1.29 is 25.3 Å². The fourth-order valence-electron chi connectivity index (χ4n) is 4.44. The van der Waals surface area contributed by atoms with Crippen molar-refractivity contribution in [2.45, 2.75) is 41.9 Å². The Bertz CT molecular complexity index is 2000. The molecule has 242 valence electrons. The van der Waals surface area contributed by atoms with E-state index in [4.69, 9.17) is 0 Å². The topological polar surface area (TPSA) is 112 Å². The van der Waals surface area contributed by atoms with Crippen LogP contribution in [0.5, 0.6) is 0 Å². The third kappa shape index (κ3) is 8.74. The first kappa shape index (κ1) is 35.1. The monoisotopic (exact) mass is 679 g/mol. The van der Waals surface area contributed by atoms with Crippen molar-refractivity contribution in [3.63, 3.8) is 0 Å². The first-order chi connectivity index (χ1) is 21.8. The molecular formula is C34H37N3O6S3. The molecule has 0 aromatic heterocycles. The maximum Gasteiger partial charge on any atom is 0.244 e. The lowest BCUT2D eigenvalue weighted by Crippen LogP contribution is -2.34. The van der Waals surface area contributed by atoms with Crippen LogP contribution in [0.25, 0.3) is 0 Å². The number of hydrogen-bond donors (Lipinski definition) is 0. The zero-order chi connectivity index (χ0) is 33.4. The Morgan fingerprint density at radius 3 is 1.20 bits per heavy atom. The molecule has 0 bridgehead atoms.